The van der Waals surface area contributed by atoms with E-state index in [-0.39, 0.29) is 31.0 Å². The van der Waals surface area contributed by atoms with Gasteiger partial charge in [-0.25, -0.2) is 14.2 Å². The third-order valence-corrected chi connectivity index (χ3v) is 3.81. The molecule has 0 bridgehead atoms. The highest BCUT2D eigenvalue weighted by atomic mass is 19.3. The number of aryl methyl sites for hydroxylation is 1. The van der Waals surface area contributed by atoms with Crippen LogP contribution in [0, 0.1) is 12.7 Å². The van der Waals surface area contributed by atoms with Crippen molar-refractivity contribution in [2.45, 2.75) is 20.0 Å². The standard InChI is InChI=1S/C17H20F3N5O2/c1-11-3-4-12(9-13(11)18)15(26)22-5-6-23-17(27)24(2)10-14-21-7-8-25(14)16(19)20/h3-4,7-9,16H,5-6,10H2,1-2H3,(H,22,26)(H,23,27). The summed E-state index contributed by atoms with van der Waals surface area (Å²) in [6.45, 7) is -0.998. The molecule has 0 unspecified atom stereocenters. The van der Waals surface area contributed by atoms with Gasteiger partial charge in [-0.1, -0.05) is 6.07 Å². The van der Waals surface area contributed by atoms with E-state index in [0.717, 1.165) is 12.3 Å². The van der Waals surface area contributed by atoms with E-state index in [1.807, 2.05) is 0 Å². The van der Waals surface area contributed by atoms with E-state index in [1.165, 1.54) is 30.3 Å². The first-order chi connectivity index (χ1) is 12.8. The molecule has 2 N–H and O–H groups in total. The maximum absolute atomic E-state index is 13.5. The Morgan fingerprint density at radius 3 is 2.63 bits per heavy atom. The molecule has 1 aromatic heterocycles. The molecular formula is C17H20F3N5O2. The lowest BCUT2D eigenvalue weighted by atomic mass is 10.1. The van der Waals surface area contributed by atoms with Crippen molar-refractivity contribution in [2.75, 3.05) is 20.1 Å². The summed E-state index contributed by atoms with van der Waals surface area (Å²) in [5, 5.41) is 5.10. The SMILES string of the molecule is Cc1ccc(C(=O)NCCNC(=O)N(C)Cc2nccn2C(F)F)cc1F. The van der Waals surface area contributed by atoms with Crippen LogP contribution in [0.25, 0.3) is 0 Å². The Labute approximate surface area is 154 Å². The average molecular weight is 383 g/mol. The average Bonchev–Trinajstić information content (AvgIpc) is 3.09. The third kappa shape index (κ3) is 5.47. The van der Waals surface area contributed by atoms with Gasteiger partial charge in [0.05, 0.1) is 6.54 Å². The van der Waals surface area contributed by atoms with Gasteiger partial charge >= 0.3 is 12.6 Å². The largest absolute Gasteiger partial charge is 0.350 e. The van der Waals surface area contributed by atoms with Crippen LogP contribution in [0.1, 0.15) is 28.3 Å². The monoisotopic (exact) mass is 383 g/mol. The van der Waals surface area contributed by atoms with Gasteiger partial charge in [0.25, 0.3) is 5.91 Å². The zero-order valence-electron chi connectivity index (χ0n) is 14.9. The predicted molar refractivity (Wildman–Crippen MR) is 91.8 cm³/mol. The quantitative estimate of drug-likeness (QED) is 0.720. The molecule has 0 aliphatic heterocycles. The number of hydrogen-bond donors (Lipinski definition) is 2. The van der Waals surface area contributed by atoms with Crippen molar-refractivity contribution in [3.8, 4) is 0 Å². The smallest absolute Gasteiger partial charge is 0.319 e. The molecule has 3 amide bonds. The molecule has 0 saturated carbocycles. The van der Waals surface area contributed by atoms with E-state index in [0.29, 0.717) is 10.1 Å². The van der Waals surface area contributed by atoms with Gasteiger partial charge in [0.15, 0.2) is 0 Å². The number of urea groups is 1. The van der Waals surface area contributed by atoms with Crippen molar-refractivity contribution in [1.29, 1.82) is 0 Å². The summed E-state index contributed by atoms with van der Waals surface area (Å²) in [4.78, 5) is 28.9. The van der Waals surface area contributed by atoms with E-state index >= 15 is 0 Å². The number of aromatic nitrogens is 2. The highest BCUT2D eigenvalue weighted by Gasteiger charge is 2.16. The summed E-state index contributed by atoms with van der Waals surface area (Å²) in [6.07, 6.45) is 2.37. The van der Waals surface area contributed by atoms with E-state index < -0.39 is 24.3 Å². The molecule has 27 heavy (non-hydrogen) atoms. The fourth-order valence-corrected chi connectivity index (χ4v) is 2.24. The van der Waals surface area contributed by atoms with Crippen LogP contribution in [0.3, 0.4) is 0 Å². The first-order valence-electron chi connectivity index (χ1n) is 8.12. The maximum atomic E-state index is 13.5. The number of benzene rings is 1. The normalized spacial score (nSPS) is 10.7. The number of rotatable bonds is 7. The van der Waals surface area contributed by atoms with E-state index in [9.17, 15) is 22.8 Å². The molecule has 0 spiro atoms. The van der Waals surface area contributed by atoms with Crippen LogP contribution in [0.4, 0.5) is 18.0 Å². The summed E-state index contributed by atoms with van der Waals surface area (Å²) in [7, 11) is 1.44. The van der Waals surface area contributed by atoms with Crippen molar-refractivity contribution in [3.05, 3.63) is 53.4 Å². The zero-order valence-corrected chi connectivity index (χ0v) is 14.9. The molecule has 0 saturated heterocycles. The number of nitrogens with zero attached hydrogens (tertiary/aromatic N) is 3. The fourth-order valence-electron chi connectivity index (χ4n) is 2.24. The van der Waals surface area contributed by atoms with Gasteiger partial charge in [0, 0.05) is 38.1 Å². The van der Waals surface area contributed by atoms with Crippen LogP contribution in [0.5, 0.6) is 0 Å². The molecule has 2 rings (SSSR count). The highest BCUT2D eigenvalue weighted by Crippen LogP contribution is 2.13. The van der Waals surface area contributed by atoms with Gasteiger partial charge in [0.1, 0.15) is 11.6 Å². The molecule has 0 atom stereocenters. The van der Waals surface area contributed by atoms with Crippen molar-refractivity contribution in [3.63, 3.8) is 0 Å². The van der Waals surface area contributed by atoms with Crippen molar-refractivity contribution < 1.29 is 22.8 Å². The van der Waals surface area contributed by atoms with Crippen LogP contribution < -0.4 is 10.6 Å². The molecule has 0 aliphatic carbocycles. The molecule has 10 heteroatoms. The first-order valence-corrected chi connectivity index (χ1v) is 8.12. The number of halogens is 3. The summed E-state index contributed by atoms with van der Waals surface area (Å²) in [5.41, 5.74) is 0.620. The molecule has 0 aliphatic rings. The van der Waals surface area contributed by atoms with Crippen molar-refractivity contribution in [2.24, 2.45) is 0 Å². The Hall–Kier alpha value is -3.04. The molecular weight excluding hydrogens is 363 g/mol. The Balaban J connectivity index is 1.75. The minimum Gasteiger partial charge on any atom is -0.350 e. The van der Waals surface area contributed by atoms with Crippen LogP contribution in [0.2, 0.25) is 0 Å². The van der Waals surface area contributed by atoms with Crippen molar-refractivity contribution in [1.82, 2.24) is 25.1 Å². The summed E-state index contributed by atoms with van der Waals surface area (Å²) in [6, 6.07) is 3.65. The van der Waals surface area contributed by atoms with Gasteiger partial charge in [-0.3, -0.25) is 9.36 Å². The van der Waals surface area contributed by atoms with Gasteiger partial charge < -0.3 is 15.5 Å². The highest BCUT2D eigenvalue weighted by molar-refractivity contribution is 5.94. The second kappa shape index (κ2) is 9.06. The minimum absolute atomic E-state index is 0.0531. The van der Waals surface area contributed by atoms with E-state index in [2.05, 4.69) is 15.6 Å². The summed E-state index contributed by atoms with van der Waals surface area (Å²) in [5.74, 6) is -0.882. The summed E-state index contributed by atoms with van der Waals surface area (Å²) < 4.78 is 39.7. The number of carbonyl (C=O) groups is 2. The van der Waals surface area contributed by atoms with E-state index in [4.69, 9.17) is 0 Å². The second-order valence-corrected chi connectivity index (χ2v) is 5.84. The predicted octanol–water partition coefficient (Wildman–Crippen LogP) is 2.30. The topological polar surface area (TPSA) is 79.3 Å². The van der Waals surface area contributed by atoms with Gasteiger partial charge in [-0.2, -0.15) is 8.78 Å². The molecule has 1 aromatic carbocycles. The Bertz CT molecular complexity index is 810. The molecule has 146 valence electrons. The zero-order chi connectivity index (χ0) is 20.0. The van der Waals surface area contributed by atoms with Crippen LogP contribution in [-0.4, -0.2) is 46.5 Å². The molecule has 1 heterocycles. The Kier molecular flexibility index (Phi) is 6.80. The molecule has 2 aromatic rings. The first kappa shape index (κ1) is 20.3. The van der Waals surface area contributed by atoms with Gasteiger partial charge in [-0.05, 0) is 24.6 Å². The number of imidazole rings is 1. The minimum atomic E-state index is -2.74. The number of carbonyl (C=O) groups excluding carboxylic acids is 2. The fraction of sp³-hybridized carbons (Fsp3) is 0.353. The molecule has 0 fully saturated rings. The van der Waals surface area contributed by atoms with Crippen molar-refractivity contribution >= 4 is 11.9 Å². The lowest BCUT2D eigenvalue weighted by Gasteiger charge is -2.18. The Morgan fingerprint density at radius 1 is 1.26 bits per heavy atom. The number of alkyl halides is 2. The number of nitrogens with one attached hydrogen (secondary N) is 2. The Morgan fingerprint density at radius 2 is 1.96 bits per heavy atom. The van der Waals surface area contributed by atoms with Gasteiger partial charge in [0.2, 0.25) is 0 Å². The van der Waals surface area contributed by atoms with Crippen LogP contribution in [-0.2, 0) is 6.54 Å². The summed E-state index contributed by atoms with van der Waals surface area (Å²) >= 11 is 0. The van der Waals surface area contributed by atoms with Crippen LogP contribution >= 0.6 is 0 Å². The molecule has 7 nitrogen and oxygen atoms in total. The van der Waals surface area contributed by atoms with Crippen LogP contribution in [0.15, 0.2) is 30.6 Å². The lowest BCUT2D eigenvalue weighted by Crippen LogP contribution is -2.41. The number of amides is 3. The number of hydrogen-bond acceptors (Lipinski definition) is 3. The van der Waals surface area contributed by atoms with E-state index in [1.54, 1.807) is 6.92 Å². The maximum Gasteiger partial charge on any atom is 0.319 e. The third-order valence-electron chi connectivity index (χ3n) is 3.81. The van der Waals surface area contributed by atoms with Gasteiger partial charge in [-0.15, -0.1) is 0 Å². The lowest BCUT2D eigenvalue weighted by molar-refractivity contribution is 0.0651. The second-order valence-electron chi connectivity index (χ2n) is 5.84. The molecule has 0 radical (unpaired) electrons.